The average Bonchev–Trinajstić information content (AvgIpc) is 3.15. The predicted molar refractivity (Wildman–Crippen MR) is 139 cm³/mol. The van der Waals surface area contributed by atoms with Gasteiger partial charge in [-0.05, 0) is 44.7 Å². The van der Waals surface area contributed by atoms with Crippen LogP contribution in [0.25, 0.3) is 0 Å². The van der Waals surface area contributed by atoms with Crippen LogP contribution in [0.1, 0.15) is 64.5 Å². The Morgan fingerprint density at radius 2 is 1.94 bits per heavy atom. The Labute approximate surface area is 216 Å². The highest BCUT2D eigenvalue weighted by Crippen LogP contribution is 2.51. The molecule has 2 aromatic rings. The van der Waals surface area contributed by atoms with E-state index in [1.807, 2.05) is 32.0 Å². The predicted octanol–water partition coefficient (Wildman–Crippen LogP) is 4.48. The number of esters is 1. The number of methoxy groups -OCH3 is 3. The number of hydrogen-bond donors (Lipinski definition) is 2. The molecule has 2 heterocycles. The summed E-state index contributed by atoms with van der Waals surface area (Å²) in [5.41, 5.74) is 1.39. The molecule has 3 unspecified atom stereocenters. The molecule has 2 fully saturated rings. The van der Waals surface area contributed by atoms with E-state index in [1.54, 1.807) is 14.2 Å². The molecule has 1 saturated heterocycles. The van der Waals surface area contributed by atoms with Gasteiger partial charge in [-0.25, -0.2) is 4.79 Å². The summed E-state index contributed by atoms with van der Waals surface area (Å²) < 4.78 is 16.1. The zero-order valence-electron chi connectivity index (χ0n) is 21.7. The molecular weight excluding hydrogens is 480 g/mol. The number of likely N-dealkylation sites (tertiary alicyclic amines) is 1. The number of benzene rings is 1. The van der Waals surface area contributed by atoms with Crippen LogP contribution >= 0.6 is 11.3 Å². The highest BCUT2D eigenvalue weighted by molar-refractivity contribution is 7.16. The normalized spacial score (nSPS) is 24.1. The summed E-state index contributed by atoms with van der Waals surface area (Å²) in [5, 5.41) is 15.1. The number of aliphatic hydroxyl groups is 1. The van der Waals surface area contributed by atoms with E-state index >= 15 is 0 Å². The van der Waals surface area contributed by atoms with E-state index in [0.717, 1.165) is 41.7 Å². The van der Waals surface area contributed by atoms with Gasteiger partial charge >= 0.3 is 5.97 Å². The lowest BCUT2D eigenvalue weighted by Crippen LogP contribution is -2.56. The quantitative estimate of drug-likeness (QED) is 0.524. The fourth-order valence-electron chi connectivity index (χ4n) is 5.81. The van der Waals surface area contributed by atoms with Crippen LogP contribution in [0.5, 0.6) is 11.5 Å². The van der Waals surface area contributed by atoms with Crippen LogP contribution < -0.4 is 14.8 Å². The SMILES string of the molecule is COC(=O)c1c(NC(=O)CN2CCC3(O)CCCCC3C2c2ccc(OC)cc2OC)sc(C)c1C. The molecule has 1 saturated carbocycles. The minimum absolute atomic E-state index is 0.0213. The first-order valence-corrected chi connectivity index (χ1v) is 13.2. The van der Waals surface area contributed by atoms with Gasteiger partial charge in [-0.1, -0.05) is 18.9 Å². The Hall–Kier alpha value is -2.62. The number of hydrogen-bond acceptors (Lipinski definition) is 8. The number of fused-ring (bicyclic) bond motifs is 1. The second kappa shape index (κ2) is 10.8. The van der Waals surface area contributed by atoms with E-state index in [9.17, 15) is 14.7 Å². The lowest BCUT2D eigenvalue weighted by atomic mass is 9.66. The summed E-state index contributed by atoms with van der Waals surface area (Å²) in [6.07, 6.45) is 4.31. The smallest absolute Gasteiger partial charge is 0.341 e. The lowest BCUT2D eigenvalue weighted by molar-refractivity contribution is -0.135. The van der Waals surface area contributed by atoms with Gasteiger partial charge in [0, 0.05) is 35.0 Å². The van der Waals surface area contributed by atoms with Crippen LogP contribution in [0.2, 0.25) is 0 Å². The Kier molecular flexibility index (Phi) is 7.92. The standard InChI is InChI=1S/C27H36N2O6S/c1-16-17(2)36-25(23(16)26(31)35-5)28-22(30)15-29-13-12-27(32)11-7-6-8-20(27)24(29)19-10-9-18(33-3)14-21(19)34-4/h9-10,14,20,24,32H,6-8,11-13,15H2,1-5H3,(H,28,30). The van der Waals surface area contributed by atoms with Crippen LogP contribution in [0.3, 0.4) is 0 Å². The highest BCUT2D eigenvalue weighted by Gasteiger charge is 2.50. The van der Waals surface area contributed by atoms with Crippen molar-refractivity contribution in [1.82, 2.24) is 4.90 Å². The summed E-state index contributed by atoms with van der Waals surface area (Å²) in [6, 6.07) is 5.54. The molecule has 0 radical (unpaired) electrons. The average molecular weight is 517 g/mol. The molecule has 1 aliphatic heterocycles. The van der Waals surface area contributed by atoms with E-state index < -0.39 is 11.6 Å². The van der Waals surface area contributed by atoms with Gasteiger partial charge in [-0.15, -0.1) is 11.3 Å². The van der Waals surface area contributed by atoms with Crippen molar-refractivity contribution >= 4 is 28.2 Å². The van der Waals surface area contributed by atoms with Crippen molar-refractivity contribution in [3.05, 3.63) is 39.8 Å². The molecule has 9 heteroatoms. The summed E-state index contributed by atoms with van der Waals surface area (Å²) >= 11 is 1.37. The van der Waals surface area contributed by atoms with Crippen molar-refractivity contribution in [1.29, 1.82) is 0 Å². The minimum atomic E-state index is -0.763. The van der Waals surface area contributed by atoms with E-state index in [4.69, 9.17) is 14.2 Å². The van der Waals surface area contributed by atoms with Crippen molar-refractivity contribution in [3.63, 3.8) is 0 Å². The Bertz CT molecular complexity index is 1130. The molecule has 0 spiro atoms. The molecule has 1 aromatic carbocycles. The maximum absolute atomic E-state index is 13.3. The summed E-state index contributed by atoms with van der Waals surface area (Å²) in [6.45, 7) is 4.48. The number of amides is 1. The van der Waals surface area contributed by atoms with Gasteiger partial charge in [-0.3, -0.25) is 9.69 Å². The van der Waals surface area contributed by atoms with Gasteiger partial charge in [0.15, 0.2) is 0 Å². The second-order valence-corrected chi connectivity index (χ2v) is 11.0. The molecule has 1 aromatic heterocycles. The van der Waals surface area contributed by atoms with Crippen molar-refractivity contribution in [2.45, 2.75) is 57.6 Å². The summed E-state index contributed by atoms with van der Waals surface area (Å²) in [4.78, 5) is 28.8. The Balaban J connectivity index is 1.65. The number of nitrogens with one attached hydrogen (secondary N) is 1. The molecule has 1 aliphatic carbocycles. The number of thiophene rings is 1. The molecule has 2 N–H and O–H groups in total. The maximum Gasteiger partial charge on any atom is 0.341 e. The van der Waals surface area contributed by atoms with Crippen LogP contribution in [-0.4, -0.2) is 61.9 Å². The maximum atomic E-state index is 13.3. The van der Waals surface area contributed by atoms with Crippen molar-refractivity contribution in [2.24, 2.45) is 5.92 Å². The molecule has 196 valence electrons. The number of aryl methyl sites for hydroxylation is 1. The van der Waals surface area contributed by atoms with Gasteiger partial charge in [0.05, 0.1) is 39.0 Å². The molecule has 3 atom stereocenters. The van der Waals surface area contributed by atoms with Gasteiger partial charge in [0.2, 0.25) is 5.91 Å². The van der Waals surface area contributed by atoms with Crippen LogP contribution in [-0.2, 0) is 9.53 Å². The third-order valence-electron chi connectivity index (χ3n) is 7.81. The van der Waals surface area contributed by atoms with Gasteiger partial charge < -0.3 is 24.6 Å². The van der Waals surface area contributed by atoms with E-state index in [-0.39, 0.29) is 24.4 Å². The van der Waals surface area contributed by atoms with E-state index in [0.29, 0.717) is 35.0 Å². The largest absolute Gasteiger partial charge is 0.497 e. The molecule has 8 nitrogen and oxygen atoms in total. The van der Waals surface area contributed by atoms with Crippen LogP contribution in [0, 0.1) is 19.8 Å². The van der Waals surface area contributed by atoms with Crippen LogP contribution in [0.15, 0.2) is 18.2 Å². The molecule has 0 bridgehead atoms. The van der Waals surface area contributed by atoms with Crippen molar-refractivity contribution in [2.75, 3.05) is 39.7 Å². The number of anilines is 1. The van der Waals surface area contributed by atoms with E-state index in [1.165, 1.54) is 18.4 Å². The summed E-state index contributed by atoms with van der Waals surface area (Å²) in [7, 11) is 4.58. The topological polar surface area (TPSA) is 97.3 Å². The number of piperidine rings is 1. The monoisotopic (exact) mass is 516 g/mol. The zero-order chi connectivity index (χ0) is 26.0. The number of nitrogens with zero attached hydrogens (tertiary/aromatic N) is 1. The van der Waals surface area contributed by atoms with Gasteiger partial charge in [0.25, 0.3) is 0 Å². The summed E-state index contributed by atoms with van der Waals surface area (Å²) in [5.74, 6) is 0.677. The molecule has 36 heavy (non-hydrogen) atoms. The first-order valence-electron chi connectivity index (χ1n) is 12.4. The highest BCUT2D eigenvalue weighted by atomic mass is 32.1. The van der Waals surface area contributed by atoms with Crippen LogP contribution in [0.4, 0.5) is 5.00 Å². The van der Waals surface area contributed by atoms with Gasteiger partial charge in [-0.2, -0.15) is 0 Å². The number of carbonyl (C=O) groups excluding carboxylic acids is 2. The van der Waals surface area contributed by atoms with Crippen molar-refractivity contribution in [3.8, 4) is 11.5 Å². The third-order valence-corrected chi connectivity index (χ3v) is 8.93. The van der Waals surface area contributed by atoms with Gasteiger partial charge in [0.1, 0.15) is 16.5 Å². The second-order valence-electron chi connectivity index (χ2n) is 9.76. The molecule has 4 rings (SSSR count). The number of ether oxygens (including phenoxy) is 3. The molecule has 1 amide bonds. The first-order chi connectivity index (χ1) is 17.2. The first kappa shape index (κ1) is 26.4. The van der Waals surface area contributed by atoms with Crippen molar-refractivity contribution < 1.29 is 28.9 Å². The minimum Gasteiger partial charge on any atom is -0.497 e. The fourth-order valence-corrected chi connectivity index (χ4v) is 6.87. The third kappa shape index (κ3) is 4.96. The fraction of sp³-hybridized carbons (Fsp3) is 0.556. The Morgan fingerprint density at radius 3 is 2.64 bits per heavy atom. The number of carbonyl (C=O) groups is 2. The lowest BCUT2D eigenvalue weighted by Gasteiger charge is -2.52. The van der Waals surface area contributed by atoms with E-state index in [2.05, 4.69) is 10.2 Å². The molecular formula is C27H36N2O6S. The number of rotatable bonds is 7. The zero-order valence-corrected chi connectivity index (χ0v) is 22.5. The molecule has 2 aliphatic rings. The Morgan fingerprint density at radius 1 is 1.17 bits per heavy atom.